The Bertz CT molecular complexity index is 768. The van der Waals surface area contributed by atoms with Crippen LogP contribution in [0.4, 0.5) is 0 Å². The van der Waals surface area contributed by atoms with Gasteiger partial charge in [-0.3, -0.25) is 0 Å². The Morgan fingerprint density at radius 1 is 1.09 bits per heavy atom. The van der Waals surface area contributed by atoms with Gasteiger partial charge in [-0.25, -0.2) is 13.1 Å². The molecule has 0 aliphatic carbocycles. The van der Waals surface area contributed by atoms with Gasteiger partial charge in [0.25, 0.3) is 0 Å². The lowest BCUT2D eigenvalue weighted by molar-refractivity contribution is 0.584. The lowest BCUT2D eigenvalue weighted by Crippen LogP contribution is -2.26. The summed E-state index contributed by atoms with van der Waals surface area (Å²) >= 11 is 16.8. The van der Waals surface area contributed by atoms with Crippen molar-refractivity contribution >= 4 is 60.9 Å². The number of halogens is 3. The van der Waals surface area contributed by atoms with Crippen molar-refractivity contribution in [2.45, 2.75) is 10.6 Å². The Morgan fingerprint density at radius 2 is 1.78 bits per heavy atom. The predicted molar refractivity (Wildman–Crippen MR) is 102 cm³/mol. The van der Waals surface area contributed by atoms with Gasteiger partial charge in [-0.05, 0) is 42.0 Å². The molecule has 0 aliphatic heterocycles. The summed E-state index contributed by atoms with van der Waals surface area (Å²) in [6.45, 7) is 0.355. The van der Waals surface area contributed by atoms with Crippen molar-refractivity contribution in [3.63, 3.8) is 0 Å². The van der Waals surface area contributed by atoms with E-state index in [2.05, 4.69) is 20.7 Å². The quantitative estimate of drug-likeness (QED) is 0.600. The molecule has 0 aromatic heterocycles. The van der Waals surface area contributed by atoms with Crippen LogP contribution in [0.3, 0.4) is 0 Å². The first kappa shape index (κ1) is 19.1. The second-order valence-electron chi connectivity index (χ2n) is 4.64. The summed E-state index contributed by atoms with van der Waals surface area (Å²) in [5.74, 6) is 1.35. The number of benzene rings is 2. The van der Waals surface area contributed by atoms with Crippen molar-refractivity contribution in [1.29, 1.82) is 0 Å². The average Bonchev–Trinajstić information content (AvgIpc) is 2.49. The van der Waals surface area contributed by atoms with Gasteiger partial charge in [-0.1, -0.05) is 45.2 Å². The highest BCUT2D eigenvalue weighted by molar-refractivity contribution is 9.10. The molecular formula is C15H14BrCl2NO2S2. The van der Waals surface area contributed by atoms with Crippen LogP contribution in [-0.4, -0.2) is 20.7 Å². The van der Waals surface area contributed by atoms with E-state index in [9.17, 15) is 8.42 Å². The van der Waals surface area contributed by atoms with Gasteiger partial charge < -0.3 is 0 Å². The molecule has 0 amide bonds. The number of rotatable bonds is 7. The summed E-state index contributed by atoms with van der Waals surface area (Å²) in [5.41, 5.74) is 0.983. The number of hydrogen-bond acceptors (Lipinski definition) is 3. The van der Waals surface area contributed by atoms with Crippen LogP contribution in [0.5, 0.6) is 0 Å². The molecule has 23 heavy (non-hydrogen) atoms. The molecule has 0 spiro atoms. The van der Waals surface area contributed by atoms with Crippen LogP contribution in [-0.2, 0) is 15.8 Å². The van der Waals surface area contributed by atoms with Crippen molar-refractivity contribution in [2.24, 2.45) is 0 Å². The zero-order valence-corrected chi connectivity index (χ0v) is 16.7. The Kier molecular flexibility index (Phi) is 7.25. The molecule has 2 aromatic carbocycles. The average molecular weight is 455 g/mol. The fourth-order valence-electron chi connectivity index (χ4n) is 1.77. The van der Waals surface area contributed by atoms with Gasteiger partial charge >= 0.3 is 0 Å². The van der Waals surface area contributed by atoms with Crippen LogP contribution >= 0.6 is 50.9 Å². The molecule has 0 fully saturated rings. The van der Waals surface area contributed by atoms with Crippen molar-refractivity contribution in [3.05, 3.63) is 62.5 Å². The van der Waals surface area contributed by atoms with Crippen LogP contribution in [0.2, 0.25) is 10.0 Å². The van der Waals surface area contributed by atoms with Crippen LogP contribution < -0.4 is 4.72 Å². The first-order valence-corrected chi connectivity index (χ1v) is 10.8. The van der Waals surface area contributed by atoms with Crippen LogP contribution in [0.1, 0.15) is 5.56 Å². The SMILES string of the molecule is O=S(=O)(NCCSCc1ccc(Cl)cc1Cl)c1ccc(Br)cc1. The molecule has 124 valence electrons. The molecule has 1 N–H and O–H groups in total. The highest BCUT2D eigenvalue weighted by Crippen LogP contribution is 2.24. The third-order valence-electron chi connectivity index (χ3n) is 2.94. The molecule has 0 heterocycles. The maximum Gasteiger partial charge on any atom is 0.240 e. The van der Waals surface area contributed by atoms with Crippen LogP contribution in [0.25, 0.3) is 0 Å². The summed E-state index contributed by atoms with van der Waals surface area (Å²) in [6.07, 6.45) is 0. The lowest BCUT2D eigenvalue weighted by Gasteiger charge is -2.08. The standard InChI is InChI=1S/C15H14BrCl2NO2S2/c16-12-2-5-14(6-3-12)23(20,21)19-7-8-22-10-11-1-4-13(17)9-15(11)18/h1-6,9,19H,7-8,10H2. The first-order chi connectivity index (χ1) is 10.9. The molecule has 0 bridgehead atoms. The highest BCUT2D eigenvalue weighted by atomic mass is 79.9. The fourth-order valence-corrected chi connectivity index (χ4v) is 4.61. The minimum atomic E-state index is -3.46. The minimum Gasteiger partial charge on any atom is -0.210 e. The van der Waals surface area contributed by atoms with Gasteiger partial charge in [0.15, 0.2) is 0 Å². The number of thioether (sulfide) groups is 1. The molecule has 0 aliphatic rings. The van der Waals surface area contributed by atoms with E-state index in [1.54, 1.807) is 48.2 Å². The molecule has 3 nitrogen and oxygen atoms in total. The second kappa shape index (κ2) is 8.74. The lowest BCUT2D eigenvalue weighted by atomic mass is 10.2. The molecule has 2 rings (SSSR count). The number of nitrogens with one attached hydrogen (secondary N) is 1. The maximum atomic E-state index is 12.1. The zero-order valence-electron chi connectivity index (χ0n) is 11.9. The topological polar surface area (TPSA) is 46.2 Å². The molecule has 8 heteroatoms. The van der Waals surface area contributed by atoms with Gasteiger partial charge in [0.2, 0.25) is 10.0 Å². The first-order valence-electron chi connectivity index (χ1n) is 6.65. The Labute approximate surface area is 158 Å². The van der Waals surface area contributed by atoms with Crippen LogP contribution in [0, 0.1) is 0 Å². The largest absolute Gasteiger partial charge is 0.240 e. The van der Waals surface area contributed by atoms with Crippen molar-refractivity contribution < 1.29 is 8.42 Å². The molecular weight excluding hydrogens is 441 g/mol. The van der Waals surface area contributed by atoms with Gasteiger partial charge in [-0.15, -0.1) is 0 Å². The highest BCUT2D eigenvalue weighted by Gasteiger charge is 2.12. The fraction of sp³-hybridized carbons (Fsp3) is 0.200. The molecule has 0 saturated carbocycles. The summed E-state index contributed by atoms with van der Waals surface area (Å²) < 4.78 is 27.6. The minimum absolute atomic E-state index is 0.256. The third-order valence-corrected chi connectivity index (χ3v) is 6.54. The van der Waals surface area contributed by atoms with E-state index in [4.69, 9.17) is 23.2 Å². The molecule has 2 aromatic rings. The van der Waals surface area contributed by atoms with E-state index in [0.717, 1.165) is 10.0 Å². The van der Waals surface area contributed by atoms with E-state index in [-0.39, 0.29) is 4.90 Å². The Hall–Kier alpha value is -0.240. The van der Waals surface area contributed by atoms with Crippen LogP contribution in [0.15, 0.2) is 51.8 Å². The van der Waals surface area contributed by atoms with E-state index in [1.807, 2.05) is 6.07 Å². The normalized spacial score (nSPS) is 11.6. The summed E-state index contributed by atoms with van der Waals surface area (Å²) in [7, 11) is -3.46. The monoisotopic (exact) mass is 453 g/mol. The number of hydrogen-bond donors (Lipinski definition) is 1. The van der Waals surface area contributed by atoms with E-state index in [0.29, 0.717) is 28.1 Å². The van der Waals surface area contributed by atoms with Gasteiger partial charge in [0.05, 0.1) is 4.90 Å². The molecule has 0 saturated heterocycles. The summed E-state index contributed by atoms with van der Waals surface area (Å²) in [4.78, 5) is 0.256. The molecule has 0 atom stereocenters. The summed E-state index contributed by atoms with van der Waals surface area (Å²) in [6, 6.07) is 11.9. The van der Waals surface area contributed by atoms with Gasteiger partial charge in [0, 0.05) is 32.6 Å². The van der Waals surface area contributed by atoms with E-state index >= 15 is 0 Å². The van der Waals surface area contributed by atoms with Gasteiger partial charge in [0.1, 0.15) is 0 Å². The van der Waals surface area contributed by atoms with Crippen molar-refractivity contribution in [2.75, 3.05) is 12.3 Å². The smallest absolute Gasteiger partial charge is 0.210 e. The van der Waals surface area contributed by atoms with E-state index in [1.165, 1.54) is 0 Å². The zero-order chi connectivity index (χ0) is 16.9. The van der Waals surface area contributed by atoms with E-state index < -0.39 is 10.0 Å². The Balaban J connectivity index is 1.79. The molecule has 0 radical (unpaired) electrons. The predicted octanol–water partition coefficient (Wildman–Crippen LogP) is 4.97. The maximum absolute atomic E-state index is 12.1. The summed E-state index contributed by atoms with van der Waals surface area (Å²) in [5, 5.41) is 1.23. The van der Waals surface area contributed by atoms with Gasteiger partial charge in [-0.2, -0.15) is 11.8 Å². The molecule has 0 unspecified atom stereocenters. The third kappa shape index (κ3) is 5.96. The van der Waals surface area contributed by atoms with Crippen molar-refractivity contribution in [1.82, 2.24) is 4.72 Å². The second-order valence-corrected chi connectivity index (χ2v) is 9.27. The Morgan fingerprint density at radius 3 is 2.43 bits per heavy atom. The number of sulfonamides is 1. The van der Waals surface area contributed by atoms with Crippen molar-refractivity contribution in [3.8, 4) is 0 Å².